The van der Waals surface area contributed by atoms with Gasteiger partial charge in [-0.1, -0.05) is 12.1 Å². The van der Waals surface area contributed by atoms with Crippen LogP contribution in [0.2, 0.25) is 0 Å². The molecule has 3 nitrogen and oxygen atoms in total. The van der Waals surface area contributed by atoms with Crippen molar-refractivity contribution in [3.05, 3.63) is 53.3 Å². The van der Waals surface area contributed by atoms with E-state index in [2.05, 4.69) is 16.4 Å². The summed E-state index contributed by atoms with van der Waals surface area (Å²) >= 11 is 0. The second-order valence-electron chi connectivity index (χ2n) is 3.92. The first-order valence-corrected chi connectivity index (χ1v) is 5.39. The summed E-state index contributed by atoms with van der Waals surface area (Å²) in [6, 6.07) is 9.80. The Labute approximate surface area is 101 Å². The first kappa shape index (κ1) is 11.2. The van der Waals surface area contributed by atoms with Crippen LogP contribution in [0.3, 0.4) is 0 Å². The molecule has 84 valence electrons. The van der Waals surface area contributed by atoms with Crippen LogP contribution in [-0.2, 0) is 0 Å². The van der Waals surface area contributed by atoms with E-state index >= 15 is 0 Å². The van der Waals surface area contributed by atoms with E-state index in [9.17, 15) is 0 Å². The monoisotopic (exact) mass is 223 g/mol. The number of aryl methyl sites for hydroxylation is 2. The van der Waals surface area contributed by atoms with Crippen LogP contribution < -0.4 is 5.32 Å². The lowest BCUT2D eigenvalue weighted by Crippen LogP contribution is -1.98. The van der Waals surface area contributed by atoms with Crippen LogP contribution >= 0.6 is 0 Å². The number of hydrogen-bond donors (Lipinski definition) is 1. The van der Waals surface area contributed by atoms with E-state index in [1.54, 1.807) is 18.5 Å². The smallest absolute Gasteiger partial charge is 0.101 e. The van der Waals surface area contributed by atoms with Crippen LogP contribution in [0.5, 0.6) is 0 Å². The Kier molecular flexibility index (Phi) is 3.06. The average molecular weight is 223 g/mol. The molecule has 0 fully saturated rings. The molecule has 1 heterocycles. The van der Waals surface area contributed by atoms with Crippen LogP contribution in [0.1, 0.15) is 16.7 Å². The molecule has 0 spiro atoms. The lowest BCUT2D eigenvalue weighted by atomic mass is 10.1. The summed E-state index contributed by atoms with van der Waals surface area (Å²) in [7, 11) is 0. The van der Waals surface area contributed by atoms with E-state index in [0.29, 0.717) is 5.56 Å². The van der Waals surface area contributed by atoms with Crippen LogP contribution in [0.15, 0.2) is 36.7 Å². The van der Waals surface area contributed by atoms with Crippen LogP contribution in [-0.4, -0.2) is 4.98 Å². The molecule has 1 aromatic carbocycles. The normalized spacial score (nSPS) is 9.71. The van der Waals surface area contributed by atoms with Crippen LogP contribution in [0, 0.1) is 25.2 Å². The zero-order valence-electron chi connectivity index (χ0n) is 9.86. The molecule has 0 aliphatic rings. The molecule has 1 N–H and O–H groups in total. The van der Waals surface area contributed by atoms with Crippen molar-refractivity contribution in [2.24, 2.45) is 0 Å². The predicted octanol–water partition coefficient (Wildman–Crippen LogP) is 3.31. The second kappa shape index (κ2) is 4.67. The summed E-state index contributed by atoms with van der Waals surface area (Å²) in [5.41, 5.74) is 4.58. The number of rotatable bonds is 2. The lowest BCUT2D eigenvalue weighted by molar-refractivity contribution is 1.27. The van der Waals surface area contributed by atoms with Gasteiger partial charge in [0.05, 0.1) is 23.1 Å². The molecule has 0 unspecified atom stereocenters. The van der Waals surface area contributed by atoms with E-state index in [-0.39, 0.29) is 0 Å². The SMILES string of the molecule is Cc1ccncc1Nc1c(C)cccc1C#N. The van der Waals surface area contributed by atoms with Crippen LogP contribution in [0.25, 0.3) is 0 Å². The lowest BCUT2D eigenvalue weighted by Gasteiger charge is -2.12. The standard InChI is InChI=1S/C14H13N3/c1-10-6-7-16-9-13(10)17-14-11(2)4-3-5-12(14)8-15/h3-7,9,17H,1-2H3. The number of benzene rings is 1. The minimum atomic E-state index is 0.647. The average Bonchev–Trinajstić information content (AvgIpc) is 2.34. The fourth-order valence-corrected chi connectivity index (χ4v) is 1.66. The van der Waals surface area contributed by atoms with E-state index in [0.717, 1.165) is 22.5 Å². The maximum absolute atomic E-state index is 9.08. The van der Waals surface area contributed by atoms with Gasteiger partial charge in [-0.15, -0.1) is 0 Å². The second-order valence-corrected chi connectivity index (χ2v) is 3.92. The third-order valence-electron chi connectivity index (χ3n) is 2.69. The van der Waals surface area contributed by atoms with Gasteiger partial charge in [0.1, 0.15) is 6.07 Å². The highest BCUT2D eigenvalue weighted by Crippen LogP contribution is 2.25. The van der Waals surface area contributed by atoms with Gasteiger partial charge in [0.2, 0.25) is 0 Å². The highest BCUT2D eigenvalue weighted by molar-refractivity contribution is 5.70. The molecule has 2 aromatic rings. The van der Waals surface area contributed by atoms with Crippen LogP contribution in [0.4, 0.5) is 11.4 Å². The van der Waals surface area contributed by atoms with Crippen molar-refractivity contribution in [3.8, 4) is 6.07 Å². The molecule has 0 atom stereocenters. The van der Waals surface area contributed by atoms with E-state index in [1.807, 2.05) is 32.0 Å². The summed E-state index contributed by atoms with van der Waals surface area (Å²) in [5, 5.41) is 12.4. The highest BCUT2D eigenvalue weighted by atomic mass is 14.9. The van der Waals surface area contributed by atoms with Gasteiger partial charge < -0.3 is 5.32 Å². The molecule has 0 saturated carbocycles. The van der Waals surface area contributed by atoms with Crippen molar-refractivity contribution in [1.82, 2.24) is 4.98 Å². The maximum Gasteiger partial charge on any atom is 0.101 e. The number of nitrogens with one attached hydrogen (secondary N) is 1. The van der Waals surface area contributed by atoms with E-state index < -0.39 is 0 Å². The molecule has 0 aliphatic carbocycles. The summed E-state index contributed by atoms with van der Waals surface area (Å²) in [6.45, 7) is 3.99. The van der Waals surface area contributed by atoms with Crippen molar-refractivity contribution in [2.75, 3.05) is 5.32 Å². The van der Waals surface area contributed by atoms with Crippen molar-refractivity contribution < 1.29 is 0 Å². The minimum absolute atomic E-state index is 0.647. The van der Waals surface area contributed by atoms with Gasteiger partial charge in [-0.2, -0.15) is 5.26 Å². The number of aromatic nitrogens is 1. The molecule has 0 bridgehead atoms. The van der Waals surface area contributed by atoms with Gasteiger partial charge >= 0.3 is 0 Å². The summed E-state index contributed by atoms with van der Waals surface area (Å²) in [5.74, 6) is 0. The first-order chi connectivity index (χ1) is 8.22. The molecule has 0 saturated heterocycles. The largest absolute Gasteiger partial charge is 0.353 e. The van der Waals surface area contributed by atoms with Crippen molar-refractivity contribution >= 4 is 11.4 Å². The van der Waals surface area contributed by atoms with Gasteiger partial charge in [0.25, 0.3) is 0 Å². The minimum Gasteiger partial charge on any atom is -0.353 e. The molecule has 0 aliphatic heterocycles. The van der Waals surface area contributed by atoms with E-state index in [1.165, 1.54) is 0 Å². The van der Waals surface area contributed by atoms with E-state index in [4.69, 9.17) is 5.26 Å². The molecule has 1 aromatic heterocycles. The van der Waals surface area contributed by atoms with Gasteiger partial charge in [-0.05, 0) is 37.1 Å². The molecule has 2 rings (SSSR count). The van der Waals surface area contributed by atoms with Crippen molar-refractivity contribution in [2.45, 2.75) is 13.8 Å². The Bertz CT molecular complexity index is 582. The zero-order valence-corrected chi connectivity index (χ0v) is 9.86. The number of nitrogens with zero attached hydrogens (tertiary/aromatic N) is 2. The zero-order chi connectivity index (χ0) is 12.3. The molecule has 0 amide bonds. The summed E-state index contributed by atoms with van der Waals surface area (Å²) < 4.78 is 0. The summed E-state index contributed by atoms with van der Waals surface area (Å²) in [4.78, 5) is 4.08. The number of para-hydroxylation sites is 1. The van der Waals surface area contributed by atoms with Gasteiger partial charge in [0.15, 0.2) is 0 Å². The highest BCUT2D eigenvalue weighted by Gasteiger charge is 2.06. The first-order valence-electron chi connectivity index (χ1n) is 5.39. The molecular formula is C14H13N3. The fourth-order valence-electron chi connectivity index (χ4n) is 1.66. The van der Waals surface area contributed by atoms with Gasteiger partial charge in [-0.3, -0.25) is 4.98 Å². The Hall–Kier alpha value is -2.34. The maximum atomic E-state index is 9.08. The topological polar surface area (TPSA) is 48.7 Å². The Balaban J connectivity index is 2.44. The number of anilines is 2. The Morgan fingerprint density at radius 1 is 1.18 bits per heavy atom. The molecule has 17 heavy (non-hydrogen) atoms. The Morgan fingerprint density at radius 2 is 2.00 bits per heavy atom. The molecule has 3 heteroatoms. The van der Waals surface area contributed by atoms with Crippen molar-refractivity contribution in [1.29, 1.82) is 5.26 Å². The quantitative estimate of drug-likeness (QED) is 0.849. The number of pyridine rings is 1. The van der Waals surface area contributed by atoms with Gasteiger partial charge in [0, 0.05) is 6.20 Å². The van der Waals surface area contributed by atoms with Gasteiger partial charge in [-0.25, -0.2) is 0 Å². The van der Waals surface area contributed by atoms with Crippen molar-refractivity contribution in [3.63, 3.8) is 0 Å². The molecule has 0 radical (unpaired) electrons. The number of hydrogen-bond acceptors (Lipinski definition) is 3. The Morgan fingerprint density at radius 3 is 2.71 bits per heavy atom. The third-order valence-corrected chi connectivity index (χ3v) is 2.69. The fraction of sp³-hybridized carbons (Fsp3) is 0.143. The third kappa shape index (κ3) is 2.26. The predicted molar refractivity (Wildman–Crippen MR) is 68.2 cm³/mol. The summed E-state index contributed by atoms with van der Waals surface area (Å²) in [6.07, 6.45) is 3.52. The number of nitriles is 1. The molecular weight excluding hydrogens is 210 g/mol.